The number of morpholine rings is 1. The van der Waals surface area contributed by atoms with Gasteiger partial charge in [-0.1, -0.05) is 23.2 Å². The molecule has 0 spiro atoms. The number of nitrogens with two attached hydrogens (primary N) is 1. The molecule has 1 aromatic rings. The first kappa shape index (κ1) is 17.5. The van der Waals surface area contributed by atoms with Gasteiger partial charge in [0.1, 0.15) is 9.23 Å². The maximum absolute atomic E-state index is 12.4. The van der Waals surface area contributed by atoms with E-state index in [2.05, 4.69) is 0 Å². The molecule has 0 radical (unpaired) electrons. The third kappa shape index (κ3) is 3.74. The highest BCUT2D eigenvalue weighted by Gasteiger charge is 2.32. The van der Waals surface area contributed by atoms with Crippen LogP contribution in [0.1, 0.15) is 0 Å². The molecule has 0 saturated carbocycles. The van der Waals surface area contributed by atoms with E-state index in [0.29, 0.717) is 17.5 Å². The maximum Gasteiger partial charge on any atom is 0.245 e. The van der Waals surface area contributed by atoms with E-state index in [9.17, 15) is 8.42 Å². The number of hydrogen-bond acceptors (Lipinski definition) is 5. The van der Waals surface area contributed by atoms with Crippen molar-refractivity contribution in [3.05, 3.63) is 14.7 Å². The minimum atomic E-state index is -3.62. The molecule has 1 unspecified atom stereocenters. The molecule has 10 heteroatoms. The molecular formula is C9H13Cl3N2O3S2. The van der Waals surface area contributed by atoms with E-state index < -0.39 is 10.0 Å². The average Bonchev–Trinajstić information content (AvgIpc) is 2.69. The van der Waals surface area contributed by atoms with Crippen LogP contribution in [0.25, 0.3) is 0 Å². The van der Waals surface area contributed by atoms with Gasteiger partial charge in [0.2, 0.25) is 10.0 Å². The lowest BCUT2D eigenvalue weighted by molar-refractivity contribution is 0.00451. The van der Waals surface area contributed by atoms with Gasteiger partial charge in [-0.15, -0.1) is 23.7 Å². The molecule has 5 nitrogen and oxygen atoms in total. The Morgan fingerprint density at radius 2 is 2.21 bits per heavy atom. The molecular weight excluding hydrogens is 355 g/mol. The molecule has 19 heavy (non-hydrogen) atoms. The average molecular weight is 368 g/mol. The second-order valence-electron chi connectivity index (χ2n) is 3.78. The summed E-state index contributed by atoms with van der Waals surface area (Å²) in [4.78, 5) is 0.0526. The molecule has 2 heterocycles. The summed E-state index contributed by atoms with van der Waals surface area (Å²) >= 11 is 12.7. The largest absolute Gasteiger partial charge is 0.374 e. The van der Waals surface area contributed by atoms with Crippen molar-refractivity contribution in [1.82, 2.24) is 4.31 Å². The van der Waals surface area contributed by atoms with Gasteiger partial charge in [-0.3, -0.25) is 0 Å². The number of thiophene rings is 1. The molecule has 2 rings (SSSR count). The Hall–Kier alpha value is 0.400. The van der Waals surface area contributed by atoms with Crippen LogP contribution < -0.4 is 5.73 Å². The summed E-state index contributed by atoms with van der Waals surface area (Å²) in [6, 6.07) is 1.37. The quantitative estimate of drug-likeness (QED) is 0.884. The zero-order valence-electron chi connectivity index (χ0n) is 9.71. The molecule has 2 N–H and O–H groups in total. The van der Waals surface area contributed by atoms with E-state index in [0.717, 1.165) is 11.3 Å². The van der Waals surface area contributed by atoms with Crippen LogP contribution in [0, 0.1) is 0 Å². The molecule has 1 aliphatic rings. The Morgan fingerprint density at radius 1 is 1.53 bits per heavy atom. The fourth-order valence-electron chi connectivity index (χ4n) is 1.69. The smallest absolute Gasteiger partial charge is 0.245 e. The van der Waals surface area contributed by atoms with E-state index >= 15 is 0 Å². The standard InChI is InChI=1S/C9H12Cl2N2O3S2.ClH/c10-8-3-7(9(11)17-8)18(14,15)13-1-2-16-6(4-12)5-13;/h3,6H,1-2,4-5,12H2;1H. The molecule has 0 bridgehead atoms. The topological polar surface area (TPSA) is 72.6 Å². The summed E-state index contributed by atoms with van der Waals surface area (Å²) < 4.78 is 31.9. The first-order valence-electron chi connectivity index (χ1n) is 5.22. The van der Waals surface area contributed by atoms with Crippen molar-refractivity contribution in [3.8, 4) is 0 Å². The SMILES string of the molecule is Cl.NCC1CN(S(=O)(=O)c2cc(Cl)sc2Cl)CCO1. The third-order valence-corrected chi connectivity index (χ3v) is 6.23. The summed E-state index contributed by atoms with van der Waals surface area (Å²) in [5.74, 6) is 0. The fraction of sp³-hybridized carbons (Fsp3) is 0.556. The van der Waals surface area contributed by atoms with Crippen molar-refractivity contribution >= 4 is 57.0 Å². The Balaban J connectivity index is 0.00000180. The van der Waals surface area contributed by atoms with Crippen LogP contribution in [0.5, 0.6) is 0 Å². The molecule has 1 aromatic heterocycles. The molecule has 1 saturated heterocycles. The first-order chi connectivity index (χ1) is 8.45. The molecule has 0 amide bonds. The van der Waals surface area contributed by atoms with Gasteiger partial charge in [0.05, 0.1) is 17.0 Å². The molecule has 1 atom stereocenters. The third-order valence-electron chi connectivity index (χ3n) is 2.61. The predicted octanol–water partition coefficient (Wildman–Crippen LogP) is 1.82. The zero-order valence-corrected chi connectivity index (χ0v) is 13.7. The number of halogens is 3. The van der Waals surface area contributed by atoms with E-state index in [-0.39, 0.29) is 40.8 Å². The van der Waals surface area contributed by atoms with Gasteiger partial charge in [-0.25, -0.2) is 8.42 Å². The number of ether oxygens (including phenoxy) is 1. The van der Waals surface area contributed by atoms with E-state index in [4.69, 9.17) is 33.7 Å². The van der Waals surface area contributed by atoms with Crippen LogP contribution in [-0.4, -0.2) is 45.1 Å². The van der Waals surface area contributed by atoms with E-state index in [1.165, 1.54) is 10.4 Å². The van der Waals surface area contributed by atoms with Crippen LogP contribution >= 0.6 is 46.9 Å². The van der Waals surface area contributed by atoms with Crippen LogP contribution in [0.4, 0.5) is 0 Å². The van der Waals surface area contributed by atoms with Gasteiger partial charge in [-0.05, 0) is 6.07 Å². The summed E-state index contributed by atoms with van der Waals surface area (Å²) in [6.07, 6.45) is -0.276. The van der Waals surface area contributed by atoms with Gasteiger partial charge in [-0.2, -0.15) is 4.31 Å². The first-order valence-corrected chi connectivity index (χ1v) is 8.23. The van der Waals surface area contributed by atoms with Crippen molar-refractivity contribution < 1.29 is 13.2 Å². The maximum atomic E-state index is 12.4. The van der Waals surface area contributed by atoms with Crippen LogP contribution in [0.3, 0.4) is 0 Å². The van der Waals surface area contributed by atoms with Crippen molar-refractivity contribution in [2.45, 2.75) is 11.0 Å². The van der Waals surface area contributed by atoms with Crippen LogP contribution in [-0.2, 0) is 14.8 Å². The van der Waals surface area contributed by atoms with Gasteiger partial charge in [0.25, 0.3) is 0 Å². The van der Waals surface area contributed by atoms with E-state index in [1.54, 1.807) is 0 Å². The van der Waals surface area contributed by atoms with Gasteiger partial charge >= 0.3 is 0 Å². The Morgan fingerprint density at radius 3 is 2.74 bits per heavy atom. The number of nitrogens with zero attached hydrogens (tertiary/aromatic N) is 1. The van der Waals surface area contributed by atoms with Gasteiger partial charge < -0.3 is 10.5 Å². The Kier molecular flexibility index (Phi) is 6.34. The highest BCUT2D eigenvalue weighted by atomic mass is 35.5. The highest BCUT2D eigenvalue weighted by Crippen LogP contribution is 2.36. The summed E-state index contributed by atoms with van der Waals surface area (Å²) in [5.41, 5.74) is 5.49. The normalized spacial score (nSPS) is 21.1. The van der Waals surface area contributed by atoms with E-state index in [1.807, 2.05) is 0 Å². The van der Waals surface area contributed by atoms with Crippen LogP contribution in [0.2, 0.25) is 8.67 Å². The second-order valence-corrected chi connectivity index (χ2v) is 7.97. The van der Waals surface area contributed by atoms with Crippen molar-refractivity contribution in [2.24, 2.45) is 5.73 Å². The molecule has 0 aromatic carbocycles. The summed E-state index contributed by atoms with van der Waals surface area (Å²) in [6.45, 7) is 1.14. The van der Waals surface area contributed by atoms with Crippen molar-refractivity contribution in [1.29, 1.82) is 0 Å². The monoisotopic (exact) mass is 366 g/mol. The summed E-state index contributed by atoms with van der Waals surface area (Å²) in [5, 5.41) is 0. The Labute approximate surface area is 132 Å². The number of hydrogen-bond donors (Lipinski definition) is 1. The van der Waals surface area contributed by atoms with Gasteiger partial charge in [0, 0.05) is 19.6 Å². The van der Waals surface area contributed by atoms with Crippen molar-refractivity contribution in [3.63, 3.8) is 0 Å². The predicted molar refractivity (Wildman–Crippen MR) is 79.1 cm³/mol. The Bertz CT molecular complexity index is 535. The number of sulfonamides is 1. The lowest BCUT2D eigenvalue weighted by atomic mass is 10.3. The molecule has 1 aliphatic heterocycles. The lowest BCUT2D eigenvalue weighted by Crippen LogP contribution is -2.48. The lowest BCUT2D eigenvalue weighted by Gasteiger charge is -2.31. The number of rotatable bonds is 3. The van der Waals surface area contributed by atoms with Crippen molar-refractivity contribution in [2.75, 3.05) is 26.2 Å². The second kappa shape index (κ2) is 6.91. The fourth-order valence-corrected chi connectivity index (χ4v) is 5.26. The highest BCUT2D eigenvalue weighted by molar-refractivity contribution is 7.89. The zero-order chi connectivity index (χ0) is 13.3. The molecule has 0 aliphatic carbocycles. The minimum absolute atomic E-state index is 0. The van der Waals surface area contributed by atoms with Gasteiger partial charge in [0.15, 0.2) is 0 Å². The minimum Gasteiger partial charge on any atom is -0.374 e. The molecule has 110 valence electrons. The molecule has 1 fully saturated rings. The van der Waals surface area contributed by atoms with Crippen LogP contribution in [0.15, 0.2) is 11.0 Å². The summed E-state index contributed by atoms with van der Waals surface area (Å²) in [7, 11) is -3.62.